The SMILES string of the molecule is COC(=O)[C@H]1CC[C@H](OC[C@@H]2CCCN2S(=O)(=O)CC(=O)Cc2cc(Cl)c(NC(=O)c3nn(C)c4ccccc34)cc2F)CC1. The number of Topliss-reactive ketones (excluding diaryl/α,β-unsaturated/α-hetero) is 1. The maximum absolute atomic E-state index is 15.1. The second kappa shape index (κ2) is 13.9. The molecule has 5 rings (SSSR count). The van der Waals surface area contributed by atoms with E-state index in [4.69, 9.17) is 21.1 Å². The second-order valence-corrected chi connectivity index (χ2v) is 13.9. The average molecular weight is 663 g/mol. The molecule has 2 fully saturated rings. The molecule has 1 aliphatic heterocycles. The summed E-state index contributed by atoms with van der Waals surface area (Å²) in [5, 5.41) is 7.44. The van der Waals surface area contributed by atoms with Crippen LogP contribution in [0, 0.1) is 11.7 Å². The summed E-state index contributed by atoms with van der Waals surface area (Å²) in [6.45, 7) is 0.478. The molecule has 45 heavy (non-hydrogen) atoms. The second-order valence-electron chi connectivity index (χ2n) is 11.6. The Morgan fingerprint density at radius 3 is 2.58 bits per heavy atom. The van der Waals surface area contributed by atoms with Crippen LogP contribution in [0.25, 0.3) is 10.9 Å². The zero-order valence-corrected chi connectivity index (χ0v) is 26.7. The van der Waals surface area contributed by atoms with Crippen molar-refractivity contribution in [2.24, 2.45) is 13.0 Å². The number of rotatable bonds is 11. The number of amides is 1. The summed E-state index contributed by atoms with van der Waals surface area (Å²) >= 11 is 6.34. The number of nitrogens with zero attached hydrogens (tertiary/aromatic N) is 3. The zero-order chi connectivity index (χ0) is 32.3. The number of fused-ring (bicyclic) bond motifs is 1. The molecule has 2 aliphatic rings. The van der Waals surface area contributed by atoms with Crippen molar-refractivity contribution in [1.29, 1.82) is 0 Å². The average Bonchev–Trinajstić information content (AvgIpc) is 3.63. The van der Waals surface area contributed by atoms with E-state index in [-0.39, 0.29) is 53.1 Å². The number of esters is 1. The Bertz CT molecular complexity index is 1710. The van der Waals surface area contributed by atoms with Gasteiger partial charge in [-0.15, -0.1) is 0 Å². The van der Waals surface area contributed by atoms with Gasteiger partial charge in [0.2, 0.25) is 10.0 Å². The number of ether oxygens (including phenoxy) is 2. The highest BCUT2D eigenvalue weighted by molar-refractivity contribution is 7.89. The van der Waals surface area contributed by atoms with Crippen LogP contribution in [0.5, 0.6) is 0 Å². The van der Waals surface area contributed by atoms with E-state index in [0.29, 0.717) is 43.9 Å². The van der Waals surface area contributed by atoms with Gasteiger partial charge in [-0.3, -0.25) is 19.1 Å². The molecule has 0 radical (unpaired) electrons. The van der Waals surface area contributed by atoms with Gasteiger partial charge in [0.25, 0.3) is 5.91 Å². The van der Waals surface area contributed by atoms with Gasteiger partial charge >= 0.3 is 5.97 Å². The third kappa shape index (κ3) is 7.54. The van der Waals surface area contributed by atoms with E-state index in [1.165, 1.54) is 17.5 Å². The van der Waals surface area contributed by atoms with E-state index in [0.717, 1.165) is 11.6 Å². The molecule has 0 bridgehead atoms. The van der Waals surface area contributed by atoms with Crippen LogP contribution in [0.3, 0.4) is 0 Å². The molecule has 1 saturated carbocycles. The summed E-state index contributed by atoms with van der Waals surface area (Å²) < 4.78 is 55.3. The fourth-order valence-electron chi connectivity index (χ4n) is 6.15. The van der Waals surface area contributed by atoms with Crippen molar-refractivity contribution < 1.29 is 36.7 Å². The lowest BCUT2D eigenvalue weighted by molar-refractivity contribution is -0.147. The number of sulfonamides is 1. The lowest BCUT2D eigenvalue weighted by Crippen LogP contribution is -2.42. The van der Waals surface area contributed by atoms with Gasteiger partial charge in [0.1, 0.15) is 11.6 Å². The molecule has 1 saturated heterocycles. The fourth-order valence-corrected chi connectivity index (χ4v) is 8.09. The van der Waals surface area contributed by atoms with Gasteiger partial charge in [-0.05, 0) is 62.3 Å². The monoisotopic (exact) mass is 662 g/mol. The fraction of sp³-hybridized carbons (Fsp3) is 0.484. The van der Waals surface area contributed by atoms with Crippen molar-refractivity contribution in [3.8, 4) is 0 Å². The lowest BCUT2D eigenvalue weighted by atomic mass is 9.87. The largest absolute Gasteiger partial charge is 0.469 e. The van der Waals surface area contributed by atoms with Gasteiger partial charge < -0.3 is 14.8 Å². The van der Waals surface area contributed by atoms with Crippen LogP contribution in [0.4, 0.5) is 10.1 Å². The first kappa shape index (κ1) is 33.0. The van der Waals surface area contributed by atoms with Gasteiger partial charge in [-0.25, -0.2) is 12.8 Å². The number of hydrogen-bond acceptors (Lipinski definition) is 8. The third-order valence-electron chi connectivity index (χ3n) is 8.50. The highest BCUT2D eigenvalue weighted by Gasteiger charge is 2.37. The molecule has 14 heteroatoms. The highest BCUT2D eigenvalue weighted by atomic mass is 35.5. The number of aryl methyl sites for hydroxylation is 1. The van der Waals surface area contributed by atoms with E-state index in [1.807, 2.05) is 12.1 Å². The topological polar surface area (TPSA) is 137 Å². The van der Waals surface area contributed by atoms with Crippen molar-refractivity contribution in [1.82, 2.24) is 14.1 Å². The molecule has 242 valence electrons. The van der Waals surface area contributed by atoms with E-state index >= 15 is 4.39 Å². The minimum absolute atomic E-state index is 0.00332. The number of benzene rings is 2. The van der Waals surface area contributed by atoms with E-state index < -0.39 is 45.7 Å². The number of carbonyl (C=O) groups is 3. The van der Waals surface area contributed by atoms with Crippen molar-refractivity contribution in [3.05, 3.63) is 58.5 Å². The molecule has 0 unspecified atom stereocenters. The van der Waals surface area contributed by atoms with Crippen LogP contribution in [0.2, 0.25) is 5.02 Å². The zero-order valence-electron chi connectivity index (χ0n) is 25.1. The van der Waals surface area contributed by atoms with Crippen LogP contribution in [-0.4, -0.2) is 78.3 Å². The summed E-state index contributed by atoms with van der Waals surface area (Å²) in [6, 6.07) is 8.99. The molecule has 11 nitrogen and oxygen atoms in total. The summed E-state index contributed by atoms with van der Waals surface area (Å²) in [5.41, 5.74) is 0.809. The van der Waals surface area contributed by atoms with Crippen LogP contribution in [-0.2, 0) is 42.6 Å². The van der Waals surface area contributed by atoms with Crippen LogP contribution in [0.1, 0.15) is 54.6 Å². The van der Waals surface area contributed by atoms with E-state index in [1.54, 1.807) is 23.9 Å². The minimum atomic E-state index is -3.98. The number of halogens is 2. The molecule has 1 aromatic heterocycles. The Balaban J connectivity index is 1.17. The first-order valence-electron chi connectivity index (χ1n) is 14.9. The summed E-state index contributed by atoms with van der Waals surface area (Å²) in [6.07, 6.45) is 3.40. The normalized spacial score (nSPS) is 20.8. The Morgan fingerprint density at radius 1 is 1.11 bits per heavy atom. The number of hydrogen-bond donors (Lipinski definition) is 1. The van der Waals surface area contributed by atoms with Crippen molar-refractivity contribution in [3.63, 3.8) is 0 Å². The smallest absolute Gasteiger partial charge is 0.308 e. The van der Waals surface area contributed by atoms with Gasteiger partial charge in [0.05, 0.1) is 42.0 Å². The molecule has 3 aromatic rings. The molecular weight excluding hydrogens is 627 g/mol. The number of methoxy groups -OCH3 is 1. The Morgan fingerprint density at radius 2 is 1.84 bits per heavy atom. The van der Waals surface area contributed by atoms with Crippen molar-refractivity contribution in [2.45, 2.75) is 57.1 Å². The maximum Gasteiger partial charge on any atom is 0.308 e. The summed E-state index contributed by atoms with van der Waals surface area (Å²) in [5.74, 6) is -3.20. The standard InChI is InChI=1S/C31H36ClFN4O7S/c1-36-28-8-4-3-7-24(28)29(35-36)30(39)34-27-16-26(33)20(15-25(27)32)14-22(38)18-45(41,42)37-13-5-6-21(37)17-44-23-11-9-19(10-12-23)31(40)43-2/h3-4,7-8,15-16,19,21,23H,5-6,9-14,17-18H2,1-2H3,(H,34,39)/t19-,21-,23-/m0/s1. The highest BCUT2D eigenvalue weighted by Crippen LogP contribution is 2.30. The predicted octanol–water partition coefficient (Wildman–Crippen LogP) is 4.27. The third-order valence-corrected chi connectivity index (χ3v) is 10.7. The minimum Gasteiger partial charge on any atom is -0.469 e. The number of aromatic nitrogens is 2. The van der Waals surface area contributed by atoms with Crippen molar-refractivity contribution >= 4 is 55.9 Å². The molecule has 0 spiro atoms. The van der Waals surface area contributed by atoms with Crippen LogP contribution < -0.4 is 5.32 Å². The Kier molecular flexibility index (Phi) is 10.2. The number of ketones is 1. The quantitative estimate of drug-likeness (QED) is 0.301. The summed E-state index contributed by atoms with van der Waals surface area (Å²) in [4.78, 5) is 37.6. The molecule has 1 N–H and O–H groups in total. The molecule has 1 atom stereocenters. The maximum atomic E-state index is 15.1. The lowest BCUT2D eigenvalue weighted by Gasteiger charge is -2.30. The first-order valence-corrected chi connectivity index (χ1v) is 16.9. The molecule has 2 aromatic carbocycles. The number of carbonyl (C=O) groups excluding carboxylic acids is 3. The number of para-hydroxylation sites is 1. The molecule has 1 aliphatic carbocycles. The molecule has 2 heterocycles. The van der Waals surface area contributed by atoms with Gasteiger partial charge in [0, 0.05) is 31.4 Å². The van der Waals surface area contributed by atoms with Crippen LogP contribution in [0.15, 0.2) is 36.4 Å². The molecule has 1 amide bonds. The van der Waals surface area contributed by atoms with Gasteiger partial charge in [0.15, 0.2) is 11.5 Å². The molecular formula is C31H36ClFN4O7S. The van der Waals surface area contributed by atoms with Crippen molar-refractivity contribution in [2.75, 3.05) is 31.3 Å². The van der Waals surface area contributed by atoms with E-state index in [2.05, 4.69) is 10.4 Å². The Hall–Kier alpha value is -3.39. The number of nitrogens with one attached hydrogen (secondary N) is 1. The first-order chi connectivity index (χ1) is 21.5. The Labute approximate surface area is 266 Å². The van der Waals surface area contributed by atoms with Gasteiger partial charge in [-0.1, -0.05) is 29.8 Å². The van der Waals surface area contributed by atoms with Gasteiger partial charge in [-0.2, -0.15) is 9.40 Å². The van der Waals surface area contributed by atoms with E-state index in [9.17, 15) is 22.8 Å². The predicted molar refractivity (Wildman–Crippen MR) is 166 cm³/mol. The number of anilines is 1. The van der Waals surface area contributed by atoms with Crippen LogP contribution >= 0.6 is 11.6 Å². The summed E-state index contributed by atoms with van der Waals surface area (Å²) in [7, 11) is -0.897.